The summed E-state index contributed by atoms with van der Waals surface area (Å²) in [5.74, 6) is -0.933. The van der Waals surface area contributed by atoms with Gasteiger partial charge in [-0.1, -0.05) is 30.7 Å². The fourth-order valence-corrected chi connectivity index (χ4v) is 2.84. The van der Waals surface area contributed by atoms with Gasteiger partial charge in [0, 0.05) is 23.5 Å². The number of ether oxygens (including phenoxy) is 1. The molecule has 1 heterocycles. The Hall–Kier alpha value is -1.39. The maximum atomic E-state index is 12.2. The molecule has 0 spiro atoms. The van der Waals surface area contributed by atoms with E-state index in [9.17, 15) is 9.59 Å². The van der Waals surface area contributed by atoms with Crippen LogP contribution in [0.3, 0.4) is 0 Å². The van der Waals surface area contributed by atoms with Gasteiger partial charge in [-0.25, -0.2) is 0 Å². The topological polar surface area (TPSA) is 55.4 Å². The molecule has 0 radical (unpaired) electrons. The quantitative estimate of drug-likeness (QED) is 0.868. The molecule has 4 nitrogen and oxygen atoms in total. The summed E-state index contributed by atoms with van der Waals surface area (Å²) in [5, 5.41) is 3.03. The third kappa shape index (κ3) is 3.02. The molecule has 1 N–H and O–H groups in total. The first-order valence-corrected chi connectivity index (χ1v) is 7.01. The van der Waals surface area contributed by atoms with Crippen molar-refractivity contribution in [2.24, 2.45) is 5.41 Å². The van der Waals surface area contributed by atoms with E-state index in [2.05, 4.69) is 5.32 Å². The molecule has 0 saturated carbocycles. The smallest absolute Gasteiger partial charge is 0.234 e. The monoisotopic (exact) mass is 295 g/mol. The van der Waals surface area contributed by atoms with Gasteiger partial charge in [0.15, 0.2) is 0 Å². The number of carbonyl (C=O) groups excluding carboxylic acids is 2. The molecule has 2 rings (SSSR count). The molecule has 2 amide bonds. The van der Waals surface area contributed by atoms with Gasteiger partial charge in [-0.05, 0) is 24.6 Å². The molecule has 1 aliphatic heterocycles. The Morgan fingerprint density at radius 1 is 1.35 bits per heavy atom. The molecule has 1 aromatic rings. The third-order valence-electron chi connectivity index (χ3n) is 3.63. The summed E-state index contributed by atoms with van der Waals surface area (Å²) < 4.78 is 5.49. The lowest BCUT2D eigenvalue weighted by Crippen LogP contribution is -2.51. The van der Waals surface area contributed by atoms with Crippen LogP contribution in [0.15, 0.2) is 24.3 Å². The number of piperidine rings is 1. The largest absolute Gasteiger partial charge is 0.381 e. The van der Waals surface area contributed by atoms with Crippen molar-refractivity contribution in [3.05, 3.63) is 34.9 Å². The summed E-state index contributed by atoms with van der Waals surface area (Å²) in [6.45, 7) is 4.73. The number of hydrogen-bond acceptors (Lipinski definition) is 3. The molecule has 0 aliphatic carbocycles. The first-order chi connectivity index (χ1) is 9.46. The van der Waals surface area contributed by atoms with Gasteiger partial charge < -0.3 is 4.74 Å². The van der Waals surface area contributed by atoms with Crippen molar-refractivity contribution < 1.29 is 14.3 Å². The van der Waals surface area contributed by atoms with Crippen molar-refractivity contribution in [1.29, 1.82) is 0 Å². The minimum absolute atomic E-state index is 0.248. The van der Waals surface area contributed by atoms with Gasteiger partial charge in [0.05, 0.1) is 12.5 Å². The predicted octanol–water partition coefficient (Wildman–Crippen LogP) is 2.51. The highest BCUT2D eigenvalue weighted by molar-refractivity contribution is 6.30. The van der Waals surface area contributed by atoms with Crippen LogP contribution in [0.5, 0.6) is 0 Å². The van der Waals surface area contributed by atoms with E-state index >= 15 is 0 Å². The van der Waals surface area contributed by atoms with Crippen LogP contribution >= 0.6 is 11.6 Å². The number of rotatable bonds is 4. The number of imide groups is 1. The molecule has 1 fully saturated rings. The lowest BCUT2D eigenvalue weighted by atomic mass is 9.69. The summed E-state index contributed by atoms with van der Waals surface area (Å²) in [7, 11) is 0. The van der Waals surface area contributed by atoms with E-state index in [1.165, 1.54) is 0 Å². The van der Waals surface area contributed by atoms with Crippen LogP contribution < -0.4 is 5.32 Å². The standard InChI is InChI=1S/C15H18ClNO3/c1-3-20-9-15(2)8-12(18)17-14(19)13(15)10-4-6-11(16)7-5-10/h4-7,13H,3,8-9H2,1-2H3,(H,17,18,19). The van der Waals surface area contributed by atoms with Gasteiger partial charge in [-0.15, -0.1) is 0 Å². The Morgan fingerprint density at radius 2 is 2.00 bits per heavy atom. The van der Waals surface area contributed by atoms with Crippen LogP contribution in [-0.2, 0) is 14.3 Å². The first kappa shape index (κ1) is 15.0. The highest BCUT2D eigenvalue weighted by Gasteiger charge is 2.46. The van der Waals surface area contributed by atoms with E-state index in [1.807, 2.05) is 26.0 Å². The van der Waals surface area contributed by atoms with Crippen molar-refractivity contribution >= 4 is 23.4 Å². The van der Waals surface area contributed by atoms with E-state index in [0.29, 0.717) is 18.2 Å². The molecule has 2 atom stereocenters. The van der Waals surface area contributed by atoms with Crippen molar-refractivity contribution in [1.82, 2.24) is 5.32 Å². The highest BCUT2D eigenvalue weighted by Crippen LogP contribution is 2.42. The average molecular weight is 296 g/mol. The Balaban J connectivity index is 2.36. The molecular formula is C15H18ClNO3. The van der Waals surface area contributed by atoms with Crippen LogP contribution in [0, 0.1) is 5.41 Å². The number of benzene rings is 1. The third-order valence-corrected chi connectivity index (χ3v) is 3.88. The van der Waals surface area contributed by atoms with Crippen molar-refractivity contribution in [2.45, 2.75) is 26.2 Å². The molecule has 1 aromatic carbocycles. The summed E-state index contributed by atoms with van der Waals surface area (Å²) in [6.07, 6.45) is 0.270. The number of halogens is 1. The normalized spacial score (nSPS) is 26.4. The Labute approximate surface area is 123 Å². The van der Waals surface area contributed by atoms with E-state index < -0.39 is 11.3 Å². The van der Waals surface area contributed by atoms with Gasteiger partial charge in [0.25, 0.3) is 0 Å². The van der Waals surface area contributed by atoms with Crippen molar-refractivity contribution in [3.63, 3.8) is 0 Å². The summed E-state index contributed by atoms with van der Waals surface area (Å²) in [5.41, 5.74) is 0.310. The Bertz CT molecular complexity index is 514. The first-order valence-electron chi connectivity index (χ1n) is 6.63. The highest BCUT2D eigenvalue weighted by atomic mass is 35.5. The van der Waals surface area contributed by atoms with Gasteiger partial charge in [0.2, 0.25) is 11.8 Å². The average Bonchev–Trinajstić information content (AvgIpc) is 2.38. The van der Waals surface area contributed by atoms with Gasteiger partial charge in [-0.3, -0.25) is 14.9 Å². The van der Waals surface area contributed by atoms with Crippen LogP contribution in [0.2, 0.25) is 5.02 Å². The molecule has 0 aromatic heterocycles. The number of hydrogen-bond donors (Lipinski definition) is 1. The van der Waals surface area contributed by atoms with Crippen LogP contribution in [-0.4, -0.2) is 25.0 Å². The van der Waals surface area contributed by atoms with Gasteiger partial charge in [0.1, 0.15) is 0 Å². The van der Waals surface area contributed by atoms with E-state index in [0.717, 1.165) is 5.56 Å². The minimum Gasteiger partial charge on any atom is -0.381 e. The lowest BCUT2D eigenvalue weighted by Gasteiger charge is -2.39. The van der Waals surface area contributed by atoms with Gasteiger partial charge >= 0.3 is 0 Å². The molecule has 2 unspecified atom stereocenters. The molecule has 0 bridgehead atoms. The SMILES string of the molecule is CCOCC1(C)CC(=O)NC(=O)C1c1ccc(Cl)cc1. The van der Waals surface area contributed by atoms with Crippen molar-refractivity contribution in [2.75, 3.05) is 13.2 Å². The maximum Gasteiger partial charge on any atom is 0.234 e. The summed E-state index contributed by atoms with van der Waals surface area (Å²) in [6, 6.07) is 7.16. The van der Waals surface area contributed by atoms with E-state index in [4.69, 9.17) is 16.3 Å². The number of nitrogens with one attached hydrogen (secondary N) is 1. The Kier molecular flexibility index (Phi) is 4.45. The fourth-order valence-electron chi connectivity index (χ4n) is 2.72. The zero-order valence-electron chi connectivity index (χ0n) is 11.6. The lowest BCUT2D eigenvalue weighted by molar-refractivity contribution is -0.141. The second kappa shape index (κ2) is 5.94. The molecule has 1 aliphatic rings. The van der Waals surface area contributed by atoms with Crippen molar-refractivity contribution in [3.8, 4) is 0 Å². The fraction of sp³-hybridized carbons (Fsp3) is 0.467. The second-order valence-electron chi connectivity index (χ2n) is 5.36. The van der Waals surface area contributed by atoms with Gasteiger partial charge in [-0.2, -0.15) is 0 Å². The number of carbonyl (C=O) groups is 2. The second-order valence-corrected chi connectivity index (χ2v) is 5.80. The predicted molar refractivity (Wildman–Crippen MR) is 76.6 cm³/mol. The Morgan fingerprint density at radius 3 is 2.60 bits per heavy atom. The number of amides is 2. The van der Waals surface area contributed by atoms with E-state index in [1.54, 1.807) is 12.1 Å². The van der Waals surface area contributed by atoms with Crippen LogP contribution in [0.25, 0.3) is 0 Å². The van der Waals surface area contributed by atoms with Crippen LogP contribution in [0.1, 0.15) is 31.7 Å². The molecule has 1 saturated heterocycles. The summed E-state index contributed by atoms with van der Waals surface area (Å²) >= 11 is 5.89. The zero-order chi connectivity index (χ0) is 14.8. The minimum atomic E-state index is -0.538. The zero-order valence-corrected chi connectivity index (χ0v) is 12.4. The molecule has 20 heavy (non-hydrogen) atoms. The molecule has 5 heteroatoms. The van der Waals surface area contributed by atoms with E-state index in [-0.39, 0.29) is 18.2 Å². The maximum absolute atomic E-state index is 12.2. The molecular weight excluding hydrogens is 278 g/mol. The summed E-state index contributed by atoms with van der Waals surface area (Å²) in [4.78, 5) is 23.9. The van der Waals surface area contributed by atoms with Crippen LogP contribution in [0.4, 0.5) is 0 Å². The molecule has 108 valence electrons.